The summed E-state index contributed by atoms with van der Waals surface area (Å²) >= 11 is 5.94. The van der Waals surface area contributed by atoms with Crippen molar-refractivity contribution in [3.8, 4) is 17.6 Å². The van der Waals surface area contributed by atoms with Crippen LogP contribution in [0.2, 0.25) is 5.02 Å². The molecule has 1 aromatic heterocycles. The number of methoxy groups -OCH3 is 1. The van der Waals surface area contributed by atoms with Crippen molar-refractivity contribution in [1.29, 1.82) is 5.26 Å². The quantitative estimate of drug-likeness (QED) is 0.681. The highest BCUT2D eigenvalue weighted by Crippen LogP contribution is 2.29. The normalized spacial score (nSPS) is 10.9. The van der Waals surface area contributed by atoms with Crippen LogP contribution >= 0.6 is 11.6 Å². The van der Waals surface area contributed by atoms with Gasteiger partial charge in [0.05, 0.1) is 7.11 Å². The lowest BCUT2D eigenvalue weighted by atomic mass is 10.2. The van der Waals surface area contributed by atoms with Gasteiger partial charge in [0.25, 0.3) is 0 Å². The summed E-state index contributed by atoms with van der Waals surface area (Å²) in [6.07, 6.45) is 3.61. The number of benzene rings is 2. The SMILES string of the molecule is COc1cc(C=Cc2nc3cc(Cl)ccc3o2)ccc1OCC#N. The molecule has 0 radical (unpaired) electrons. The summed E-state index contributed by atoms with van der Waals surface area (Å²) in [4.78, 5) is 4.36. The fraction of sp³-hybridized carbons (Fsp3) is 0.111. The highest BCUT2D eigenvalue weighted by molar-refractivity contribution is 6.31. The van der Waals surface area contributed by atoms with Crippen LogP contribution in [0, 0.1) is 11.3 Å². The molecular weight excluding hydrogens is 328 g/mol. The number of nitrogens with zero attached hydrogens (tertiary/aromatic N) is 2. The van der Waals surface area contributed by atoms with E-state index in [4.69, 9.17) is 30.8 Å². The predicted octanol–water partition coefficient (Wildman–Crippen LogP) is 4.56. The Morgan fingerprint density at radius 1 is 1.21 bits per heavy atom. The number of fused-ring (bicyclic) bond motifs is 1. The van der Waals surface area contributed by atoms with E-state index in [1.54, 1.807) is 37.5 Å². The van der Waals surface area contributed by atoms with Crippen LogP contribution in [0.5, 0.6) is 11.5 Å². The van der Waals surface area contributed by atoms with Crippen LogP contribution in [0.3, 0.4) is 0 Å². The first kappa shape index (κ1) is 15.9. The topological polar surface area (TPSA) is 68.3 Å². The molecule has 0 amide bonds. The molecule has 3 aromatic rings. The van der Waals surface area contributed by atoms with Gasteiger partial charge in [0, 0.05) is 11.1 Å². The molecule has 0 spiro atoms. The summed E-state index contributed by atoms with van der Waals surface area (Å²) in [6.45, 7) is -0.0307. The summed E-state index contributed by atoms with van der Waals surface area (Å²) in [7, 11) is 1.55. The van der Waals surface area contributed by atoms with Crippen molar-refractivity contribution >= 4 is 34.9 Å². The average molecular weight is 341 g/mol. The van der Waals surface area contributed by atoms with Crippen molar-refractivity contribution in [3.05, 3.63) is 52.9 Å². The maximum atomic E-state index is 8.58. The minimum atomic E-state index is -0.0307. The van der Waals surface area contributed by atoms with Gasteiger partial charge in [-0.1, -0.05) is 17.7 Å². The van der Waals surface area contributed by atoms with Crippen LogP contribution in [-0.4, -0.2) is 18.7 Å². The van der Waals surface area contributed by atoms with Crippen molar-refractivity contribution in [2.24, 2.45) is 0 Å². The van der Waals surface area contributed by atoms with Gasteiger partial charge in [-0.15, -0.1) is 0 Å². The van der Waals surface area contributed by atoms with Gasteiger partial charge in [-0.2, -0.15) is 5.26 Å². The molecule has 5 nitrogen and oxygen atoms in total. The fourth-order valence-electron chi connectivity index (χ4n) is 2.17. The Balaban J connectivity index is 1.83. The fourth-order valence-corrected chi connectivity index (χ4v) is 2.34. The molecule has 3 rings (SSSR count). The molecule has 0 fully saturated rings. The van der Waals surface area contributed by atoms with E-state index in [-0.39, 0.29) is 6.61 Å². The number of rotatable bonds is 5. The minimum absolute atomic E-state index is 0.0307. The molecular formula is C18H13ClN2O3. The lowest BCUT2D eigenvalue weighted by Gasteiger charge is -2.08. The van der Waals surface area contributed by atoms with E-state index in [0.29, 0.717) is 33.5 Å². The molecule has 0 saturated carbocycles. The molecule has 0 unspecified atom stereocenters. The van der Waals surface area contributed by atoms with Crippen LogP contribution in [0.15, 0.2) is 40.8 Å². The lowest BCUT2D eigenvalue weighted by molar-refractivity contribution is 0.329. The van der Waals surface area contributed by atoms with Crippen molar-refractivity contribution < 1.29 is 13.9 Å². The summed E-state index contributed by atoms with van der Waals surface area (Å²) in [5, 5.41) is 9.20. The van der Waals surface area contributed by atoms with E-state index in [9.17, 15) is 0 Å². The first-order valence-corrected chi connectivity index (χ1v) is 7.49. The Kier molecular flexibility index (Phi) is 4.69. The van der Waals surface area contributed by atoms with Gasteiger partial charge in [0.1, 0.15) is 11.6 Å². The third kappa shape index (κ3) is 3.50. The standard InChI is InChI=1S/C18H13ClN2O3/c1-22-17-10-12(2-5-16(17)23-9-8-20)3-7-18-21-14-11-13(19)4-6-15(14)24-18/h2-7,10-11H,9H2,1H3. The molecule has 0 aliphatic rings. The van der Waals surface area contributed by atoms with Crippen LogP contribution in [0.25, 0.3) is 23.3 Å². The van der Waals surface area contributed by atoms with E-state index in [2.05, 4.69) is 4.98 Å². The zero-order valence-corrected chi connectivity index (χ0v) is 13.6. The first-order chi connectivity index (χ1) is 11.7. The van der Waals surface area contributed by atoms with E-state index in [0.717, 1.165) is 5.56 Å². The molecule has 0 atom stereocenters. The third-order valence-electron chi connectivity index (χ3n) is 3.26. The third-order valence-corrected chi connectivity index (χ3v) is 3.50. The summed E-state index contributed by atoms with van der Waals surface area (Å²) < 4.78 is 16.2. The van der Waals surface area contributed by atoms with Crippen LogP contribution in [0.4, 0.5) is 0 Å². The molecule has 0 saturated heterocycles. The smallest absolute Gasteiger partial charge is 0.220 e. The zero-order valence-electron chi connectivity index (χ0n) is 12.8. The molecule has 0 N–H and O–H groups in total. The summed E-state index contributed by atoms with van der Waals surface area (Å²) in [5.74, 6) is 1.56. The minimum Gasteiger partial charge on any atom is -0.493 e. The molecule has 0 aliphatic carbocycles. The highest BCUT2D eigenvalue weighted by atomic mass is 35.5. The maximum absolute atomic E-state index is 8.58. The number of halogens is 1. The molecule has 1 heterocycles. The van der Waals surface area contributed by atoms with Crippen molar-refractivity contribution in [2.45, 2.75) is 0 Å². The Labute approximate surface area is 143 Å². The van der Waals surface area contributed by atoms with Gasteiger partial charge in [0.2, 0.25) is 5.89 Å². The van der Waals surface area contributed by atoms with E-state index in [1.807, 2.05) is 24.3 Å². The van der Waals surface area contributed by atoms with Crippen LogP contribution in [0.1, 0.15) is 11.5 Å². The van der Waals surface area contributed by atoms with Crippen LogP contribution in [-0.2, 0) is 0 Å². The maximum Gasteiger partial charge on any atom is 0.220 e. The number of ether oxygens (including phenoxy) is 2. The highest BCUT2D eigenvalue weighted by Gasteiger charge is 2.06. The Hall–Kier alpha value is -2.97. The Bertz CT molecular complexity index is 941. The van der Waals surface area contributed by atoms with Gasteiger partial charge in [0.15, 0.2) is 23.7 Å². The second-order valence-electron chi connectivity index (χ2n) is 4.85. The molecule has 2 aromatic carbocycles. The molecule has 0 aliphatic heterocycles. The van der Waals surface area contributed by atoms with Crippen molar-refractivity contribution in [1.82, 2.24) is 4.98 Å². The number of oxazole rings is 1. The van der Waals surface area contributed by atoms with Crippen molar-refractivity contribution in [2.75, 3.05) is 13.7 Å². The number of nitriles is 1. The largest absolute Gasteiger partial charge is 0.493 e. The zero-order chi connectivity index (χ0) is 16.9. The second-order valence-corrected chi connectivity index (χ2v) is 5.29. The van der Waals surface area contributed by atoms with Gasteiger partial charge in [-0.05, 0) is 42.0 Å². The summed E-state index contributed by atoms with van der Waals surface area (Å²) in [5.41, 5.74) is 2.27. The lowest BCUT2D eigenvalue weighted by Crippen LogP contribution is -1.96. The van der Waals surface area contributed by atoms with E-state index >= 15 is 0 Å². The Morgan fingerprint density at radius 3 is 2.88 bits per heavy atom. The molecule has 6 heteroatoms. The predicted molar refractivity (Wildman–Crippen MR) is 92.0 cm³/mol. The van der Waals surface area contributed by atoms with Gasteiger partial charge < -0.3 is 13.9 Å². The number of aromatic nitrogens is 1. The van der Waals surface area contributed by atoms with E-state index < -0.39 is 0 Å². The van der Waals surface area contributed by atoms with Crippen LogP contribution < -0.4 is 9.47 Å². The van der Waals surface area contributed by atoms with Crippen molar-refractivity contribution in [3.63, 3.8) is 0 Å². The number of hydrogen-bond acceptors (Lipinski definition) is 5. The monoisotopic (exact) mass is 340 g/mol. The van der Waals surface area contributed by atoms with Gasteiger partial charge >= 0.3 is 0 Å². The Morgan fingerprint density at radius 2 is 2.08 bits per heavy atom. The molecule has 0 bridgehead atoms. The second kappa shape index (κ2) is 7.07. The summed E-state index contributed by atoms with van der Waals surface area (Å²) in [6, 6.07) is 12.6. The molecule has 24 heavy (non-hydrogen) atoms. The number of hydrogen-bond donors (Lipinski definition) is 0. The average Bonchev–Trinajstić information content (AvgIpc) is 3.00. The molecule has 120 valence electrons. The van der Waals surface area contributed by atoms with Gasteiger partial charge in [-0.25, -0.2) is 4.98 Å². The van der Waals surface area contributed by atoms with Gasteiger partial charge in [-0.3, -0.25) is 0 Å². The van der Waals surface area contributed by atoms with E-state index in [1.165, 1.54) is 0 Å². The first-order valence-electron chi connectivity index (χ1n) is 7.11.